The van der Waals surface area contributed by atoms with E-state index in [9.17, 15) is 14.7 Å². The average Bonchev–Trinajstić information content (AvgIpc) is 2.60. The Labute approximate surface area is 149 Å². The fourth-order valence-corrected chi connectivity index (χ4v) is 2.90. The number of esters is 1. The molecule has 3 aromatic rings. The van der Waals surface area contributed by atoms with E-state index < -0.39 is 17.3 Å². The van der Waals surface area contributed by atoms with Gasteiger partial charge in [-0.15, -0.1) is 0 Å². The number of halogens is 1. The minimum Gasteiger partial charge on any atom is -0.506 e. The molecule has 2 aromatic carbocycles. The van der Waals surface area contributed by atoms with Gasteiger partial charge in [0.15, 0.2) is 5.56 Å². The Hall–Kier alpha value is -2.79. The Morgan fingerprint density at radius 3 is 2.60 bits per heavy atom. The lowest BCUT2D eigenvalue weighted by Gasteiger charge is -2.15. The maximum absolute atomic E-state index is 12.9. The largest absolute Gasteiger partial charge is 0.506 e. The van der Waals surface area contributed by atoms with Crippen molar-refractivity contribution in [3.63, 3.8) is 0 Å². The van der Waals surface area contributed by atoms with E-state index in [1.54, 1.807) is 19.1 Å². The van der Waals surface area contributed by atoms with Crippen molar-refractivity contribution in [2.24, 2.45) is 0 Å². The molecule has 0 amide bonds. The van der Waals surface area contributed by atoms with Crippen LogP contribution < -0.4 is 5.56 Å². The highest BCUT2D eigenvalue weighted by Gasteiger charge is 2.23. The van der Waals surface area contributed by atoms with Crippen LogP contribution in [0.15, 0.2) is 53.3 Å². The summed E-state index contributed by atoms with van der Waals surface area (Å²) in [5.41, 5.74) is 0.396. The van der Waals surface area contributed by atoms with Gasteiger partial charge in [0.25, 0.3) is 5.56 Å². The summed E-state index contributed by atoms with van der Waals surface area (Å²) in [5.74, 6) is -1.26. The summed E-state index contributed by atoms with van der Waals surface area (Å²) in [5, 5.41) is 11.2. The molecule has 3 rings (SSSR count). The molecular formula is C19H16ClNO4. The zero-order valence-electron chi connectivity index (χ0n) is 13.5. The number of carbonyl (C=O) groups excluding carboxylic acids is 1. The molecule has 0 fully saturated rings. The Morgan fingerprint density at radius 1 is 1.20 bits per heavy atom. The van der Waals surface area contributed by atoms with Crippen molar-refractivity contribution in [1.82, 2.24) is 4.57 Å². The van der Waals surface area contributed by atoms with Crippen molar-refractivity contribution in [3.05, 3.63) is 75.0 Å². The minimum absolute atomic E-state index is 0.101. The van der Waals surface area contributed by atoms with E-state index >= 15 is 0 Å². The van der Waals surface area contributed by atoms with Gasteiger partial charge in [-0.05, 0) is 30.7 Å². The second kappa shape index (κ2) is 6.99. The molecule has 1 N–H and O–H groups in total. The van der Waals surface area contributed by atoms with Gasteiger partial charge in [0.2, 0.25) is 0 Å². The number of rotatable bonds is 4. The topological polar surface area (TPSA) is 68.5 Å². The smallest absolute Gasteiger partial charge is 0.347 e. The predicted molar refractivity (Wildman–Crippen MR) is 96.4 cm³/mol. The van der Waals surface area contributed by atoms with E-state index in [0.29, 0.717) is 15.9 Å². The van der Waals surface area contributed by atoms with Crippen molar-refractivity contribution >= 4 is 28.5 Å². The summed E-state index contributed by atoms with van der Waals surface area (Å²) in [6, 6.07) is 14.2. The first kappa shape index (κ1) is 17.0. The van der Waals surface area contributed by atoms with Crippen LogP contribution in [0.5, 0.6) is 5.75 Å². The van der Waals surface area contributed by atoms with E-state index in [1.165, 1.54) is 10.6 Å². The number of pyridine rings is 1. The lowest BCUT2D eigenvalue weighted by molar-refractivity contribution is 0.0520. The number of benzene rings is 2. The molecule has 128 valence electrons. The van der Waals surface area contributed by atoms with E-state index in [-0.39, 0.29) is 18.7 Å². The summed E-state index contributed by atoms with van der Waals surface area (Å²) in [4.78, 5) is 25.1. The number of ether oxygens (including phenoxy) is 1. The molecule has 5 nitrogen and oxygen atoms in total. The van der Waals surface area contributed by atoms with Crippen LogP contribution in [-0.2, 0) is 11.3 Å². The molecule has 0 saturated carbocycles. The van der Waals surface area contributed by atoms with Crippen LogP contribution in [0.3, 0.4) is 0 Å². The van der Waals surface area contributed by atoms with Crippen LogP contribution in [0.1, 0.15) is 22.8 Å². The quantitative estimate of drug-likeness (QED) is 0.724. The van der Waals surface area contributed by atoms with E-state index in [0.717, 1.165) is 5.56 Å². The first-order valence-electron chi connectivity index (χ1n) is 7.79. The van der Waals surface area contributed by atoms with Crippen molar-refractivity contribution < 1.29 is 14.6 Å². The van der Waals surface area contributed by atoms with Crippen LogP contribution in [0.25, 0.3) is 10.9 Å². The second-order valence-electron chi connectivity index (χ2n) is 5.48. The number of carbonyl (C=O) groups is 1. The number of aromatic hydroxyl groups is 1. The first-order chi connectivity index (χ1) is 12.0. The van der Waals surface area contributed by atoms with Crippen molar-refractivity contribution in [2.75, 3.05) is 6.61 Å². The maximum Gasteiger partial charge on any atom is 0.347 e. The zero-order valence-corrected chi connectivity index (χ0v) is 14.3. The van der Waals surface area contributed by atoms with E-state index in [1.807, 2.05) is 30.3 Å². The lowest BCUT2D eigenvalue weighted by atomic mass is 10.1. The van der Waals surface area contributed by atoms with Crippen molar-refractivity contribution in [1.29, 1.82) is 0 Å². The zero-order chi connectivity index (χ0) is 18.0. The third-order valence-corrected chi connectivity index (χ3v) is 4.10. The number of fused-ring (bicyclic) bond motifs is 1. The van der Waals surface area contributed by atoms with Gasteiger partial charge in [-0.1, -0.05) is 41.9 Å². The molecule has 0 bridgehead atoms. The molecule has 1 aromatic heterocycles. The molecule has 0 aliphatic heterocycles. The van der Waals surface area contributed by atoms with Crippen LogP contribution >= 0.6 is 11.6 Å². The summed E-state index contributed by atoms with van der Waals surface area (Å²) in [7, 11) is 0. The molecule has 6 heteroatoms. The molecule has 1 heterocycles. The van der Waals surface area contributed by atoms with Crippen molar-refractivity contribution in [3.8, 4) is 5.75 Å². The van der Waals surface area contributed by atoms with Crippen LogP contribution in [0.2, 0.25) is 5.02 Å². The molecule has 0 spiro atoms. The monoisotopic (exact) mass is 357 g/mol. The highest BCUT2D eigenvalue weighted by molar-refractivity contribution is 6.31. The fourth-order valence-electron chi connectivity index (χ4n) is 2.72. The van der Waals surface area contributed by atoms with Gasteiger partial charge >= 0.3 is 5.97 Å². The maximum atomic E-state index is 12.9. The van der Waals surface area contributed by atoms with Gasteiger partial charge in [-0.2, -0.15) is 0 Å². The van der Waals surface area contributed by atoms with Crippen LogP contribution in [-0.4, -0.2) is 22.2 Å². The van der Waals surface area contributed by atoms with Crippen molar-refractivity contribution in [2.45, 2.75) is 13.5 Å². The third-order valence-electron chi connectivity index (χ3n) is 3.86. The fraction of sp³-hybridized carbons (Fsp3) is 0.158. The predicted octanol–water partition coefficient (Wildman–Crippen LogP) is 3.59. The summed E-state index contributed by atoms with van der Waals surface area (Å²) < 4.78 is 6.37. The number of hydrogen-bond acceptors (Lipinski definition) is 4. The van der Waals surface area contributed by atoms with Gasteiger partial charge < -0.3 is 14.4 Å². The Bertz CT molecular complexity index is 996. The van der Waals surface area contributed by atoms with Crippen LogP contribution in [0.4, 0.5) is 0 Å². The summed E-state index contributed by atoms with van der Waals surface area (Å²) in [6.45, 7) is 1.99. The Balaban J connectivity index is 2.30. The normalized spacial score (nSPS) is 10.8. The van der Waals surface area contributed by atoms with Gasteiger partial charge in [-0.3, -0.25) is 4.79 Å². The molecule has 0 saturated heterocycles. The summed E-state index contributed by atoms with van der Waals surface area (Å²) in [6.07, 6.45) is 0. The van der Waals surface area contributed by atoms with Crippen LogP contribution in [0, 0.1) is 0 Å². The molecule has 0 aliphatic rings. The molecule has 0 radical (unpaired) electrons. The Morgan fingerprint density at radius 2 is 1.92 bits per heavy atom. The first-order valence-corrected chi connectivity index (χ1v) is 8.16. The SMILES string of the molecule is CCOC(=O)c1c(O)c2cc(Cl)ccc2n(Cc2ccccc2)c1=O. The molecule has 0 aliphatic carbocycles. The van der Waals surface area contributed by atoms with E-state index in [2.05, 4.69) is 0 Å². The molecule has 25 heavy (non-hydrogen) atoms. The highest BCUT2D eigenvalue weighted by Crippen LogP contribution is 2.29. The third kappa shape index (κ3) is 3.23. The van der Waals surface area contributed by atoms with Gasteiger partial charge in [-0.25, -0.2) is 4.79 Å². The van der Waals surface area contributed by atoms with Gasteiger partial charge in [0.1, 0.15) is 5.75 Å². The second-order valence-corrected chi connectivity index (χ2v) is 5.92. The molecular weight excluding hydrogens is 342 g/mol. The lowest BCUT2D eigenvalue weighted by Crippen LogP contribution is -2.28. The standard InChI is InChI=1S/C19H16ClNO4/c1-2-25-19(24)16-17(22)14-10-13(20)8-9-15(14)21(18(16)23)11-12-6-4-3-5-7-12/h3-10,22H,2,11H2,1H3. The van der Waals surface area contributed by atoms with E-state index in [4.69, 9.17) is 16.3 Å². The summed E-state index contributed by atoms with van der Waals surface area (Å²) >= 11 is 6.02. The van der Waals surface area contributed by atoms with Gasteiger partial charge in [0.05, 0.1) is 18.7 Å². The van der Waals surface area contributed by atoms with Gasteiger partial charge in [0, 0.05) is 10.4 Å². The molecule has 0 atom stereocenters. The number of hydrogen-bond donors (Lipinski definition) is 1. The highest BCUT2D eigenvalue weighted by atomic mass is 35.5. The minimum atomic E-state index is -0.853. The average molecular weight is 358 g/mol. The molecule has 0 unspecified atom stereocenters. The number of aromatic nitrogens is 1. The number of nitrogens with zero attached hydrogens (tertiary/aromatic N) is 1. The Kier molecular flexibility index (Phi) is 4.76.